The first-order valence-corrected chi connectivity index (χ1v) is 2.75. The third-order valence-corrected chi connectivity index (χ3v) is 1.24. The van der Waals surface area contributed by atoms with Crippen LogP contribution in [0.3, 0.4) is 0 Å². The van der Waals surface area contributed by atoms with Gasteiger partial charge in [0.1, 0.15) is 5.65 Å². The fourth-order valence-corrected chi connectivity index (χ4v) is 0.809. The Morgan fingerprint density at radius 3 is 3.56 bits per heavy atom. The third kappa shape index (κ3) is 0.598. The van der Waals surface area contributed by atoms with Crippen molar-refractivity contribution in [1.82, 2.24) is 9.38 Å². The molecular weight excluding hydrogens is 112 g/mol. The van der Waals surface area contributed by atoms with Gasteiger partial charge in [-0.3, -0.25) is 0 Å². The highest BCUT2D eigenvalue weighted by atomic mass is 15.0. The summed E-state index contributed by atoms with van der Waals surface area (Å²) in [6.45, 7) is 0. The molecular formula is C7H6N2. The number of fused-ring (bicyclic) bond motifs is 1. The lowest BCUT2D eigenvalue weighted by molar-refractivity contribution is 1.19. The Morgan fingerprint density at radius 2 is 2.56 bits per heavy atom. The van der Waals surface area contributed by atoms with Gasteiger partial charge in [0.2, 0.25) is 0 Å². The van der Waals surface area contributed by atoms with Crippen molar-refractivity contribution in [3.05, 3.63) is 36.8 Å². The van der Waals surface area contributed by atoms with Gasteiger partial charge in [0.25, 0.3) is 0 Å². The van der Waals surface area contributed by atoms with E-state index >= 15 is 0 Å². The van der Waals surface area contributed by atoms with Crippen LogP contribution in [0, 0.1) is 0 Å². The SMILES string of the molecule is [2H]c1ccc2nccn2c1. The van der Waals surface area contributed by atoms with Gasteiger partial charge in [0, 0.05) is 18.6 Å². The zero-order valence-corrected chi connectivity index (χ0v) is 4.78. The number of aromatic nitrogens is 2. The summed E-state index contributed by atoms with van der Waals surface area (Å²) in [7, 11) is 0. The maximum Gasteiger partial charge on any atom is 0.136 e. The summed E-state index contributed by atoms with van der Waals surface area (Å²) < 4.78 is 9.09. The van der Waals surface area contributed by atoms with Gasteiger partial charge >= 0.3 is 0 Å². The number of pyridine rings is 1. The van der Waals surface area contributed by atoms with Gasteiger partial charge in [-0.25, -0.2) is 4.98 Å². The average Bonchev–Trinajstić information content (AvgIpc) is 2.33. The van der Waals surface area contributed by atoms with Gasteiger partial charge in [0.15, 0.2) is 0 Å². The molecule has 2 heterocycles. The Bertz CT molecular complexity index is 353. The predicted molar refractivity (Wildman–Crippen MR) is 35.2 cm³/mol. The second kappa shape index (κ2) is 1.58. The molecule has 9 heavy (non-hydrogen) atoms. The van der Waals surface area contributed by atoms with E-state index in [2.05, 4.69) is 4.98 Å². The van der Waals surface area contributed by atoms with Gasteiger partial charge in [0.05, 0.1) is 1.37 Å². The summed E-state index contributed by atoms with van der Waals surface area (Å²) in [5, 5.41) is 0. The highest BCUT2D eigenvalue weighted by Gasteiger charge is 1.85. The number of nitrogens with zero attached hydrogens (tertiary/aromatic N) is 2. The number of hydrogen-bond acceptors (Lipinski definition) is 1. The Kier molecular flexibility index (Phi) is 0.646. The molecule has 2 nitrogen and oxygen atoms in total. The topological polar surface area (TPSA) is 17.3 Å². The molecule has 0 aliphatic rings. The molecule has 2 aromatic heterocycles. The fraction of sp³-hybridized carbons (Fsp3) is 0. The molecule has 0 bridgehead atoms. The molecule has 0 aliphatic heterocycles. The maximum absolute atomic E-state index is 7.27. The van der Waals surface area contributed by atoms with Crippen LogP contribution in [-0.4, -0.2) is 9.38 Å². The zero-order chi connectivity index (χ0) is 6.97. The Labute approximate surface area is 54.2 Å². The van der Waals surface area contributed by atoms with Crippen molar-refractivity contribution in [2.75, 3.05) is 0 Å². The maximum atomic E-state index is 7.27. The van der Waals surface area contributed by atoms with Crippen LogP contribution in [0.25, 0.3) is 5.65 Å². The van der Waals surface area contributed by atoms with E-state index in [1.807, 2.05) is 16.7 Å². The summed E-state index contributed by atoms with van der Waals surface area (Å²) in [5.41, 5.74) is 0.885. The van der Waals surface area contributed by atoms with Gasteiger partial charge in [-0.1, -0.05) is 6.07 Å². The van der Waals surface area contributed by atoms with E-state index in [1.54, 1.807) is 18.5 Å². The largest absolute Gasteiger partial charge is 0.307 e. The summed E-state index contributed by atoms with van der Waals surface area (Å²) >= 11 is 0. The molecule has 2 rings (SSSR count). The Hall–Kier alpha value is -1.31. The van der Waals surface area contributed by atoms with E-state index in [9.17, 15) is 0 Å². The number of rotatable bonds is 0. The van der Waals surface area contributed by atoms with Crippen molar-refractivity contribution in [2.45, 2.75) is 0 Å². The number of hydrogen-bond donors (Lipinski definition) is 0. The standard InChI is InChI=1S/C7H6N2/c1-2-5-9-6-4-8-7(9)3-1/h1-6H/i2D. The second-order valence-electron chi connectivity index (χ2n) is 1.82. The molecule has 2 heteroatoms. The zero-order valence-electron chi connectivity index (χ0n) is 5.78. The first-order chi connectivity index (χ1) is 4.86. The van der Waals surface area contributed by atoms with Crippen LogP contribution in [0.1, 0.15) is 1.37 Å². The summed E-state index contributed by atoms with van der Waals surface area (Å²) in [6.07, 6.45) is 5.27. The van der Waals surface area contributed by atoms with Crippen LogP contribution in [0.5, 0.6) is 0 Å². The minimum Gasteiger partial charge on any atom is -0.307 e. The van der Waals surface area contributed by atoms with Gasteiger partial charge < -0.3 is 4.40 Å². The van der Waals surface area contributed by atoms with Gasteiger partial charge in [-0.15, -0.1) is 0 Å². The molecule has 44 valence electrons. The Morgan fingerprint density at radius 1 is 1.56 bits per heavy atom. The molecule has 0 fully saturated rings. The smallest absolute Gasteiger partial charge is 0.136 e. The fourth-order valence-electron chi connectivity index (χ4n) is 0.809. The number of imidazole rings is 1. The van der Waals surface area contributed by atoms with E-state index in [4.69, 9.17) is 1.37 Å². The molecule has 0 aliphatic carbocycles. The normalized spacial score (nSPS) is 11.8. The Balaban J connectivity index is 2.86. The highest BCUT2D eigenvalue weighted by molar-refractivity contribution is 5.36. The van der Waals surface area contributed by atoms with E-state index < -0.39 is 0 Å². The predicted octanol–water partition coefficient (Wildman–Crippen LogP) is 1.33. The molecule has 0 radical (unpaired) electrons. The van der Waals surface area contributed by atoms with E-state index in [0.29, 0.717) is 6.04 Å². The lowest BCUT2D eigenvalue weighted by Gasteiger charge is -1.86. The van der Waals surface area contributed by atoms with Crippen molar-refractivity contribution in [1.29, 1.82) is 0 Å². The lowest BCUT2D eigenvalue weighted by Crippen LogP contribution is -1.77. The first kappa shape index (κ1) is 3.67. The van der Waals surface area contributed by atoms with Crippen molar-refractivity contribution >= 4 is 5.65 Å². The average molecular weight is 119 g/mol. The molecule has 0 spiro atoms. The quantitative estimate of drug-likeness (QED) is 0.511. The van der Waals surface area contributed by atoms with Crippen molar-refractivity contribution in [3.63, 3.8) is 0 Å². The highest BCUT2D eigenvalue weighted by Crippen LogP contribution is 1.96. The van der Waals surface area contributed by atoms with Crippen LogP contribution in [0.2, 0.25) is 0 Å². The summed E-state index contributed by atoms with van der Waals surface area (Å²) in [6, 6.07) is 4.05. The third-order valence-electron chi connectivity index (χ3n) is 1.24. The van der Waals surface area contributed by atoms with Crippen LogP contribution >= 0.6 is 0 Å². The lowest BCUT2D eigenvalue weighted by atomic mass is 10.5. The molecule has 0 saturated carbocycles. The van der Waals surface area contributed by atoms with Crippen LogP contribution in [-0.2, 0) is 0 Å². The monoisotopic (exact) mass is 119 g/mol. The van der Waals surface area contributed by atoms with Gasteiger partial charge in [-0.2, -0.15) is 0 Å². The minimum atomic E-state index is 0.505. The van der Waals surface area contributed by atoms with Crippen LogP contribution < -0.4 is 0 Å². The molecule has 0 N–H and O–H groups in total. The van der Waals surface area contributed by atoms with Crippen LogP contribution in [0.15, 0.2) is 36.8 Å². The van der Waals surface area contributed by atoms with E-state index in [-0.39, 0.29) is 0 Å². The minimum absolute atomic E-state index is 0.505. The molecule has 0 amide bonds. The van der Waals surface area contributed by atoms with Crippen LogP contribution in [0.4, 0.5) is 0 Å². The molecule has 2 aromatic rings. The van der Waals surface area contributed by atoms with Gasteiger partial charge in [-0.05, 0) is 12.1 Å². The first-order valence-electron chi connectivity index (χ1n) is 3.25. The second-order valence-corrected chi connectivity index (χ2v) is 1.82. The van der Waals surface area contributed by atoms with E-state index in [0.717, 1.165) is 5.65 Å². The van der Waals surface area contributed by atoms with Crippen molar-refractivity contribution in [3.8, 4) is 0 Å². The molecule has 0 atom stereocenters. The van der Waals surface area contributed by atoms with Crippen molar-refractivity contribution in [2.24, 2.45) is 0 Å². The molecule has 0 unspecified atom stereocenters. The molecule has 0 aromatic carbocycles. The summed E-state index contributed by atoms with van der Waals surface area (Å²) in [4.78, 5) is 4.04. The molecule has 0 saturated heterocycles. The van der Waals surface area contributed by atoms with Crippen molar-refractivity contribution < 1.29 is 1.37 Å². The van der Waals surface area contributed by atoms with E-state index in [1.165, 1.54) is 0 Å². The summed E-state index contributed by atoms with van der Waals surface area (Å²) in [5.74, 6) is 0.